The maximum Gasteiger partial charge on any atom is 0.402 e. The van der Waals surface area contributed by atoms with Crippen LogP contribution in [0.2, 0.25) is 0 Å². The summed E-state index contributed by atoms with van der Waals surface area (Å²) in [5, 5.41) is -0.313. The van der Waals surface area contributed by atoms with Gasteiger partial charge in [-0.15, -0.1) is 11.6 Å². The van der Waals surface area contributed by atoms with Gasteiger partial charge in [-0.25, -0.2) is 0 Å². The molecule has 0 N–H and O–H groups in total. The molecule has 0 aliphatic heterocycles. The molecule has 4 heteroatoms. The molecule has 1 unspecified atom stereocenters. The molecule has 0 spiro atoms. The first-order chi connectivity index (χ1) is 3.18. The molecule has 0 rings (SSSR count). The van der Waals surface area contributed by atoms with Gasteiger partial charge in [-0.2, -0.15) is 0 Å². The largest absolute Gasteiger partial charge is 0.402 e. The lowest BCUT2D eigenvalue weighted by molar-refractivity contribution is 0.568. The Bertz CT molecular complexity index is 75.3. The molecule has 0 aromatic rings. The Hall–Kier alpha value is 0.597. The predicted octanol–water partition coefficient (Wildman–Crippen LogP) is 1.70. The summed E-state index contributed by atoms with van der Waals surface area (Å²) < 4.78 is 10.2. The van der Waals surface area contributed by atoms with Gasteiger partial charge in [0.05, 0.1) is 5.00 Å². The van der Waals surface area contributed by atoms with E-state index in [9.17, 15) is 4.46 Å². The van der Waals surface area contributed by atoms with Crippen molar-refractivity contribution in [1.29, 1.82) is 0 Å². The van der Waals surface area contributed by atoms with E-state index < -0.39 is 7.99 Å². The lowest BCUT2D eigenvalue weighted by atomic mass is 10.6. The van der Waals surface area contributed by atoms with Gasteiger partial charge in [-0.05, 0) is 6.42 Å². The van der Waals surface area contributed by atoms with Gasteiger partial charge < -0.3 is 4.46 Å². The lowest BCUT2D eigenvalue weighted by Crippen LogP contribution is -2.07. The minimum Gasteiger partial charge on any atom is -0.366 e. The van der Waals surface area contributed by atoms with E-state index in [2.05, 4.69) is 0 Å². The highest BCUT2D eigenvalue weighted by molar-refractivity contribution is 7.01. The zero-order valence-electron chi connectivity index (χ0n) is 3.95. The Balaban J connectivity index is 3.34. The Morgan fingerprint density at radius 2 is 2.29 bits per heavy atom. The zero-order chi connectivity index (χ0) is 5.86. The lowest BCUT2D eigenvalue weighted by Gasteiger charge is -1.91. The first-order valence-electron chi connectivity index (χ1n) is 2.02. The number of alkyl halides is 1. The highest BCUT2D eigenvalue weighted by Gasteiger charge is 2.10. The summed E-state index contributed by atoms with van der Waals surface area (Å²) in [6, 6.07) is 0. The third kappa shape index (κ3) is 3.20. The van der Waals surface area contributed by atoms with Crippen LogP contribution in [0.5, 0.6) is 0 Å². The van der Waals surface area contributed by atoms with Gasteiger partial charge in [0.25, 0.3) is 0 Å². The summed E-state index contributed by atoms with van der Waals surface area (Å²) in [6.45, 7) is 1.85. The Kier molecular flexibility index (Phi) is 3.89. The van der Waals surface area contributed by atoms with Gasteiger partial charge in [-0.1, -0.05) is 18.0 Å². The van der Waals surface area contributed by atoms with Crippen LogP contribution in [0.3, 0.4) is 0 Å². The first kappa shape index (κ1) is 7.60. The van der Waals surface area contributed by atoms with E-state index in [0.717, 1.165) is 0 Å². The molecular formula is C3H6Cl2OSi. The maximum absolute atomic E-state index is 10.2. The molecular weight excluding hydrogens is 151 g/mol. The van der Waals surface area contributed by atoms with E-state index >= 15 is 0 Å². The van der Waals surface area contributed by atoms with Gasteiger partial charge in [0, 0.05) is 0 Å². The van der Waals surface area contributed by atoms with E-state index in [-0.39, 0.29) is 5.00 Å². The number of hydrogen-bond donors (Lipinski definition) is 0. The molecule has 0 aliphatic rings. The molecule has 1 nitrogen and oxygen atoms in total. The summed E-state index contributed by atoms with van der Waals surface area (Å²) in [6.07, 6.45) is 0.683. The standard InChI is InChI=1S/C3H6Cl2OSi/c1-2-3(4)7(5)6/h3H,2H2,1H3. The summed E-state index contributed by atoms with van der Waals surface area (Å²) in [7, 11) is -1.98. The number of hydrogen-bond acceptors (Lipinski definition) is 1. The molecule has 0 fully saturated rings. The molecule has 0 saturated carbocycles. The van der Waals surface area contributed by atoms with Gasteiger partial charge in [0.1, 0.15) is 0 Å². The van der Waals surface area contributed by atoms with Crippen molar-refractivity contribution in [2.75, 3.05) is 0 Å². The fourth-order valence-corrected chi connectivity index (χ4v) is 0.944. The molecule has 0 heterocycles. The van der Waals surface area contributed by atoms with Crippen LogP contribution in [0.25, 0.3) is 0 Å². The molecule has 42 valence electrons. The van der Waals surface area contributed by atoms with Crippen LogP contribution < -0.4 is 0 Å². The second kappa shape index (κ2) is 3.58. The second-order valence-electron chi connectivity index (χ2n) is 1.18. The van der Waals surface area contributed by atoms with Crippen molar-refractivity contribution in [1.82, 2.24) is 0 Å². The van der Waals surface area contributed by atoms with Crippen LogP contribution >= 0.6 is 22.7 Å². The molecule has 1 atom stereocenters. The zero-order valence-corrected chi connectivity index (χ0v) is 6.46. The Morgan fingerprint density at radius 1 is 1.86 bits per heavy atom. The summed E-state index contributed by atoms with van der Waals surface area (Å²) in [5.41, 5.74) is 0. The fourth-order valence-electron chi connectivity index (χ4n) is 0.160. The van der Waals surface area contributed by atoms with E-state index in [1.807, 2.05) is 6.92 Å². The molecule has 0 aromatic carbocycles. The van der Waals surface area contributed by atoms with Crippen molar-refractivity contribution in [3.05, 3.63) is 0 Å². The van der Waals surface area contributed by atoms with E-state index in [4.69, 9.17) is 22.7 Å². The highest BCUT2D eigenvalue weighted by atomic mass is 35.6. The van der Waals surface area contributed by atoms with Crippen molar-refractivity contribution in [2.45, 2.75) is 18.3 Å². The molecule has 0 saturated heterocycles. The normalized spacial score (nSPS) is 13.6. The van der Waals surface area contributed by atoms with E-state index in [1.165, 1.54) is 0 Å². The molecule has 0 aliphatic carbocycles. The molecule has 0 amide bonds. The minimum absolute atomic E-state index is 0.313. The van der Waals surface area contributed by atoms with E-state index in [1.54, 1.807) is 0 Å². The SMILES string of the molecule is CCC(Cl)[Si](=O)Cl. The van der Waals surface area contributed by atoms with Gasteiger partial charge >= 0.3 is 7.99 Å². The molecule has 0 radical (unpaired) electrons. The van der Waals surface area contributed by atoms with Crippen LogP contribution in [-0.4, -0.2) is 13.0 Å². The van der Waals surface area contributed by atoms with Crippen molar-refractivity contribution in [3.8, 4) is 0 Å². The maximum atomic E-state index is 10.2. The van der Waals surface area contributed by atoms with Crippen LogP contribution in [0.1, 0.15) is 13.3 Å². The van der Waals surface area contributed by atoms with Crippen LogP contribution in [0.15, 0.2) is 0 Å². The number of halogens is 2. The van der Waals surface area contributed by atoms with Crippen molar-refractivity contribution >= 4 is 30.7 Å². The fraction of sp³-hybridized carbons (Fsp3) is 1.00. The number of rotatable bonds is 2. The van der Waals surface area contributed by atoms with Crippen LogP contribution in [0, 0.1) is 0 Å². The topological polar surface area (TPSA) is 17.1 Å². The minimum atomic E-state index is -1.98. The summed E-state index contributed by atoms with van der Waals surface area (Å²) >= 11 is 10.5. The van der Waals surface area contributed by atoms with Crippen molar-refractivity contribution in [3.63, 3.8) is 0 Å². The van der Waals surface area contributed by atoms with Gasteiger partial charge in [-0.3, -0.25) is 0 Å². The molecule has 7 heavy (non-hydrogen) atoms. The van der Waals surface area contributed by atoms with Crippen molar-refractivity contribution in [2.24, 2.45) is 0 Å². The second-order valence-corrected chi connectivity index (χ2v) is 4.50. The third-order valence-corrected chi connectivity index (χ3v) is 3.53. The monoisotopic (exact) mass is 156 g/mol. The van der Waals surface area contributed by atoms with Crippen molar-refractivity contribution < 1.29 is 4.46 Å². The summed E-state index contributed by atoms with van der Waals surface area (Å²) in [5.74, 6) is 0. The average molecular weight is 157 g/mol. The van der Waals surface area contributed by atoms with Gasteiger partial charge in [0.15, 0.2) is 0 Å². The quantitative estimate of drug-likeness (QED) is 0.338. The van der Waals surface area contributed by atoms with Crippen LogP contribution in [-0.2, 0) is 4.46 Å². The highest BCUT2D eigenvalue weighted by Crippen LogP contribution is 2.02. The Labute approximate surface area is 54.0 Å². The average Bonchev–Trinajstić information content (AvgIpc) is 1.65. The predicted molar refractivity (Wildman–Crippen MR) is 32.2 cm³/mol. The Morgan fingerprint density at radius 3 is 2.29 bits per heavy atom. The van der Waals surface area contributed by atoms with E-state index in [0.29, 0.717) is 6.42 Å². The first-order valence-corrected chi connectivity index (χ1v) is 4.95. The summed E-state index contributed by atoms with van der Waals surface area (Å²) in [4.78, 5) is 0. The van der Waals surface area contributed by atoms with Crippen LogP contribution in [0.4, 0.5) is 0 Å². The third-order valence-electron chi connectivity index (χ3n) is 0.605. The molecule has 0 bridgehead atoms. The smallest absolute Gasteiger partial charge is 0.366 e. The molecule has 0 aromatic heterocycles. The van der Waals surface area contributed by atoms with Gasteiger partial charge in [0.2, 0.25) is 0 Å².